The molecule has 1 aliphatic rings. The Labute approximate surface area is 151 Å². The fourth-order valence-corrected chi connectivity index (χ4v) is 3.45. The second-order valence-electron chi connectivity index (χ2n) is 5.76. The lowest BCUT2D eigenvalue weighted by Gasteiger charge is -2.26. The average Bonchev–Trinajstić information content (AvgIpc) is 2.95. The van der Waals surface area contributed by atoms with E-state index in [1.165, 1.54) is 4.90 Å². The number of nitrogens with zero attached hydrogens (tertiary/aromatic N) is 1. The number of para-hydroxylation sites is 1. The zero-order valence-corrected chi connectivity index (χ0v) is 14.1. The molecule has 1 heterocycles. The van der Waals surface area contributed by atoms with Gasteiger partial charge >= 0.3 is 0 Å². The highest BCUT2D eigenvalue weighted by molar-refractivity contribution is 7.80. The molecule has 0 spiro atoms. The summed E-state index contributed by atoms with van der Waals surface area (Å²) in [7, 11) is 0. The molecule has 1 aliphatic heterocycles. The Balaban J connectivity index is 1.92. The van der Waals surface area contributed by atoms with E-state index in [9.17, 15) is 4.79 Å². The molecule has 0 aromatic heterocycles. The molecule has 3 nitrogen and oxygen atoms in total. The van der Waals surface area contributed by atoms with E-state index in [2.05, 4.69) is 0 Å². The van der Waals surface area contributed by atoms with Crippen LogP contribution in [0.5, 0.6) is 0 Å². The number of carbonyl (C=O) groups is 1. The third-order valence-corrected chi connectivity index (χ3v) is 4.57. The molecule has 0 N–H and O–H groups in total. The van der Waals surface area contributed by atoms with Crippen molar-refractivity contribution in [3.8, 4) is 0 Å². The minimum Gasteiger partial charge on any atom is -0.444 e. The fourth-order valence-electron chi connectivity index (χ4n) is 3.14. The van der Waals surface area contributed by atoms with Crippen LogP contribution in [0.2, 0.25) is 0 Å². The highest BCUT2D eigenvalue weighted by atomic mass is 32.1. The van der Waals surface area contributed by atoms with Crippen LogP contribution in [0.3, 0.4) is 0 Å². The summed E-state index contributed by atoms with van der Waals surface area (Å²) < 4.78 is 6.11. The van der Waals surface area contributed by atoms with E-state index < -0.39 is 5.60 Å². The number of benzene rings is 3. The van der Waals surface area contributed by atoms with Gasteiger partial charge in [-0.2, -0.15) is 0 Å². The molecule has 4 rings (SSSR count). The minimum absolute atomic E-state index is 0.156. The molecule has 3 aromatic rings. The highest BCUT2D eigenvalue weighted by Crippen LogP contribution is 2.42. The van der Waals surface area contributed by atoms with Crippen molar-refractivity contribution < 1.29 is 9.53 Å². The summed E-state index contributed by atoms with van der Waals surface area (Å²) in [4.78, 5) is 15.0. The molecule has 1 fully saturated rings. The Morgan fingerprint density at radius 1 is 0.720 bits per heavy atom. The van der Waals surface area contributed by atoms with Gasteiger partial charge in [0, 0.05) is 11.1 Å². The maximum atomic E-state index is 13.6. The lowest BCUT2D eigenvalue weighted by molar-refractivity contribution is -0.127. The lowest BCUT2D eigenvalue weighted by atomic mass is 9.85. The van der Waals surface area contributed by atoms with E-state index in [4.69, 9.17) is 17.0 Å². The largest absolute Gasteiger partial charge is 0.444 e. The van der Waals surface area contributed by atoms with E-state index in [-0.39, 0.29) is 11.1 Å². The molecule has 1 amide bonds. The number of anilines is 1. The number of hydrogen-bond acceptors (Lipinski definition) is 3. The molecule has 4 heteroatoms. The molecule has 25 heavy (non-hydrogen) atoms. The second-order valence-corrected chi connectivity index (χ2v) is 6.11. The summed E-state index contributed by atoms with van der Waals surface area (Å²) in [6, 6.07) is 28.3. The van der Waals surface area contributed by atoms with Crippen molar-refractivity contribution in [1.29, 1.82) is 0 Å². The number of thiocarbonyl (C=S) groups is 1. The molecule has 122 valence electrons. The molecule has 0 unspecified atom stereocenters. The van der Waals surface area contributed by atoms with Crippen LogP contribution in [0.1, 0.15) is 11.1 Å². The summed E-state index contributed by atoms with van der Waals surface area (Å²) in [5.74, 6) is -0.207. The van der Waals surface area contributed by atoms with Gasteiger partial charge < -0.3 is 4.74 Å². The van der Waals surface area contributed by atoms with E-state index >= 15 is 0 Å². The predicted octanol–water partition coefficient (Wildman–Crippen LogP) is 4.28. The van der Waals surface area contributed by atoms with E-state index in [1.807, 2.05) is 91.0 Å². The zero-order chi connectivity index (χ0) is 17.3. The molecule has 0 aliphatic carbocycles. The first kappa shape index (κ1) is 15.5. The molecule has 0 bridgehead atoms. The topological polar surface area (TPSA) is 29.5 Å². The van der Waals surface area contributed by atoms with E-state index in [1.54, 1.807) is 0 Å². The molecular formula is C21H15NO2S. The van der Waals surface area contributed by atoms with Gasteiger partial charge in [0.05, 0.1) is 5.69 Å². The van der Waals surface area contributed by atoms with Crippen LogP contribution >= 0.6 is 12.2 Å². The number of carbonyl (C=O) groups excluding carboxylic acids is 1. The summed E-state index contributed by atoms with van der Waals surface area (Å²) in [5, 5.41) is 0.156. The first-order chi connectivity index (χ1) is 12.2. The van der Waals surface area contributed by atoms with Crippen molar-refractivity contribution in [3.05, 3.63) is 102 Å². The molecule has 1 saturated heterocycles. The van der Waals surface area contributed by atoms with Crippen molar-refractivity contribution in [3.63, 3.8) is 0 Å². The van der Waals surface area contributed by atoms with Crippen LogP contribution in [0, 0.1) is 0 Å². The van der Waals surface area contributed by atoms with Crippen LogP contribution in [-0.2, 0) is 15.1 Å². The van der Waals surface area contributed by atoms with Gasteiger partial charge in [-0.05, 0) is 24.4 Å². The standard InChI is InChI=1S/C21H15NO2S/c23-19-21(16-10-4-1-5-11-16,17-12-6-2-7-13-17)24-20(25)22(19)18-14-8-3-9-15-18/h1-15H. The van der Waals surface area contributed by atoms with Crippen LogP contribution in [-0.4, -0.2) is 11.1 Å². The molecule has 0 radical (unpaired) electrons. The second kappa shape index (κ2) is 6.15. The molecule has 0 atom stereocenters. The van der Waals surface area contributed by atoms with Gasteiger partial charge in [-0.25, -0.2) is 4.90 Å². The van der Waals surface area contributed by atoms with Crippen molar-refractivity contribution in [2.45, 2.75) is 5.60 Å². The average molecular weight is 345 g/mol. The number of rotatable bonds is 3. The highest BCUT2D eigenvalue weighted by Gasteiger charge is 2.55. The fraction of sp³-hybridized carbons (Fsp3) is 0.0476. The van der Waals surface area contributed by atoms with Gasteiger partial charge in [0.15, 0.2) is 0 Å². The van der Waals surface area contributed by atoms with Crippen molar-refractivity contribution >= 4 is 29.0 Å². The van der Waals surface area contributed by atoms with Crippen molar-refractivity contribution in [2.75, 3.05) is 4.90 Å². The van der Waals surface area contributed by atoms with Gasteiger partial charge in [0.2, 0.25) is 5.60 Å². The first-order valence-corrected chi connectivity index (χ1v) is 8.38. The SMILES string of the molecule is O=C1N(c2ccccc2)C(=S)OC1(c1ccccc1)c1ccccc1. The van der Waals surface area contributed by atoms with E-state index in [0.29, 0.717) is 5.69 Å². The quantitative estimate of drug-likeness (QED) is 0.664. The summed E-state index contributed by atoms with van der Waals surface area (Å²) in [5.41, 5.74) is 0.945. The number of hydrogen-bond donors (Lipinski definition) is 0. The Kier molecular flexibility index (Phi) is 3.82. The minimum atomic E-state index is -1.27. The van der Waals surface area contributed by atoms with Gasteiger partial charge in [-0.1, -0.05) is 78.9 Å². The van der Waals surface area contributed by atoms with Crippen LogP contribution < -0.4 is 4.90 Å². The van der Waals surface area contributed by atoms with Crippen molar-refractivity contribution in [2.24, 2.45) is 0 Å². The third-order valence-electron chi connectivity index (χ3n) is 4.30. The number of ether oxygens (including phenoxy) is 1. The van der Waals surface area contributed by atoms with Crippen molar-refractivity contribution in [1.82, 2.24) is 0 Å². The summed E-state index contributed by atoms with van der Waals surface area (Å²) in [6.45, 7) is 0. The van der Waals surface area contributed by atoms with Crippen LogP contribution in [0.4, 0.5) is 5.69 Å². The van der Waals surface area contributed by atoms with Crippen LogP contribution in [0.15, 0.2) is 91.0 Å². The summed E-state index contributed by atoms with van der Waals surface area (Å²) >= 11 is 5.43. The Hall–Kier alpha value is -2.98. The van der Waals surface area contributed by atoms with Crippen LogP contribution in [0.25, 0.3) is 0 Å². The molecule has 0 saturated carbocycles. The Morgan fingerprint density at radius 2 is 1.16 bits per heavy atom. The van der Waals surface area contributed by atoms with E-state index in [0.717, 1.165) is 11.1 Å². The van der Waals surface area contributed by atoms with Gasteiger partial charge in [0.25, 0.3) is 11.1 Å². The van der Waals surface area contributed by atoms with Gasteiger partial charge in [0.1, 0.15) is 0 Å². The number of amides is 1. The Morgan fingerprint density at radius 3 is 1.64 bits per heavy atom. The molecule has 3 aromatic carbocycles. The summed E-state index contributed by atoms with van der Waals surface area (Å²) in [6.07, 6.45) is 0. The molecular weight excluding hydrogens is 330 g/mol. The first-order valence-electron chi connectivity index (χ1n) is 7.97. The maximum absolute atomic E-state index is 13.6. The predicted molar refractivity (Wildman–Crippen MR) is 101 cm³/mol. The Bertz CT molecular complexity index is 871. The normalized spacial score (nSPS) is 15.9. The lowest BCUT2D eigenvalue weighted by Crippen LogP contribution is -2.39. The zero-order valence-electron chi connectivity index (χ0n) is 13.3. The maximum Gasteiger partial charge on any atom is 0.288 e. The third kappa shape index (κ3) is 2.42. The van der Waals surface area contributed by atoms with Gasteiger partial charge in [-0.15, -0.1) is 0 Å². The smallest absolute Gasteiger partial charge is 0.288 e. The monoisotopic (exact) mass is 345 g/mol. The van der Waals surface area contributed by atoms with Gasteiger partial charge in [-0.3, -0.25) is 4.79 Å².